The van der Waals surface area contributed by atoms with Crippen LogP contribution in [0.4, 0.5) is 14.5 Å². The lowest BCUT2D eigenvalue weighted by molar-refractivity contribution is -0.117. The molecular formula is C18H19ClF2N2O. The van der Waals surface area contributed by atoms with Crippen molar-refractivity contribution in [2.45, 2.75) is 19.9 Å². The highest BCUT2D eigenvalue weighted by Gasteiger charge is 2.20. The van der Waals surface area contributed by atoms with Crippen LogP contribution < -0.4 is 5.32 Å². The first-order chi connectivity index (χ1) is 11.4. The molecule has 2 aromatic rings. The molecule has 0 spiro atoms. The lowest BCUT2D eigenvalue weighted by Crippen LogP contribution is -2.35. The van der Waals surface area contributed by atoms with Gasteiger partial charge in [-0.2, -0.15) is 0 Å². The summed E-state index contributed by atoms with van der Waals surface area (Å²) in [7, 11) is 0. The minimum atomic E-state index is -0.800. The van der Waals surface area contributed by atoms with Gasteiger partial charge in [-0.1, -0.05) is 42.8 Å². The van der Waals surface area contributed by atoms with Crippen LogP contribution in [-0.2, 0) is 4.79 Å². The smallest absolute Gasteiger partial charge is 0.238 e. The van der Waals surface area contributed by atoms with Gasteiger partial charge in [0, 0.05) is 11.1 Å². The lowest BCUT2D eigenvalue weighted by atomic mass is 10.1. The number of nitrogens with zero attached hydrogens (tertiary/aromatic N) is 1. The van der Waals surface area contributed by atoms with Crippen molar-refractivity contribution in [3.63, 3.8) is 0 Å². The highest BCUT2D eigenvalue weighted by atomic mass is 35.5. The zero-order chi connectivity index (χ0) is 17.7. The zero-order valence-corrected chi connectivity index (χ0v) is 14.3. The van der Waals surface area contributed by atoms with Crippen LogP contribution in [0.1, 0.15) is 25.5 Å². The van der Waals surface area contributed by atoms with E-state index >= 15 is 0 Å². The third kappa shape index (κ3) is 4.30. The first kappa shape index (κ1) is 18.4. The molecule has 0 saturated heterocycles. The van der Waals surface area contributed by atoms with E-state index in [1.54, 1.807) is 6.07 Å². The summed E-state index contributed by atoms with van der Waals surface area (Å²) in [4.78, 5) is 14.1. The predicted octanol–water partition coefficient (Wildman–Crippen LogP) is 4.64. The normalized spacial score (nSPS) is 12.2. The van der Waals surface area contributed by atoms with Gasteiger partial charge >= 0.3 is 0 Å². The number of anilines is 1. The number of nitrogens with one attached hydrogen (secondary N) is 1. The van der Waals surface area contributed by atoms with Crippen LogP contribution in [0, 0.1) is 11.6 Å². The molecule has 0 heterocycles. The number of rotatable bonds is 6. The third-order valence-electron chi connectivity index (χ3n) is 3.88. The first-order valence-corrected chi connectivity index (χ1v) is 8.04. The van der Waals surface area contributed by atoms with Crippen molar-refractivity contribution in [1.29, 1.82) is 0 Å². The molecule has 0 aromatic heterocycles. The van der Waals surface area contributed by atoms with E-state index in [0.717, 1.165) is 17.7 Å². The monoisotopic (exact) mass is 352 g/mol. The highest BCUT2D eigenvalue weighted by Crippen LogP contribution is 2.27. The Kier molecular flexibility index (Phi) is 6.29. The Morgan fingerprint density at radius 1 is 1.17 bits per heavy atom. The molecule has 0 bridgehead atoms. The van der Waals surface area contributed by atoms with Crippen LogP contribution in [0.3, 0.4) is 0 Å². The van der Waals surface area contributed by atoms with Gasteiger partial charge in [0.15, 0.2) is 0 Å². The van der Waals surface area contributed by atoms with Gasteiger partial charge in [-0.25, -0.2) is 8.78 Å². The fraction of sp³-hybridized carbons (Fsp3) is 0.278. The van der Waals surface area contributed by atoms with E-state index in [1.807, 2.05) is 36.9 Å². The van der Waals surface area contributed by atoms with Gasteiger partial charge in [0.05, 0.1) is 6.54 Å². The molecule has 1 amide bonds. The molecule has 0 saturated carbocycles. The van der Waals surface area contributed by atoms with Gasteiger partial charge in [0.25, 0.3) is 0 Å². The van der Waals surface area contributed by atoms with Crippen LogP contribution in [0.2, 0.25) is 5.02 Å². The van der Waals surface area contributed by atoms with Crippen molar-refractivity contribution < 1.29 is 13.6 Å². The topological polar surface area (TPSA) is 32.3 Å². The number of hydrogen-bond acceptors (Lipinski definition) is 2. The van der Waals surface area contributed by atoms with Crippen molar-refractivity contribution in [2.75, 3.05) is 18.4 Å². The van der Waals surface area contributed by atoms with Gasteiger partial charge in [-0.15, -0.1) is 0 Å². The molecule has 2 aromatic carbocycles. The summed E-state index contributed by atoms with van der Waals surface area (Å²) in [6, 6.07) is 10.7. The van der Waals surface area contributed by atoms with Crippen molar-refractivity contribution >= 4 is 23.2 Å². The fourth-order valence-electron chi connectivity index (χ4n) is 2.51. The Balaban J connectivity index is 2.10. The maximum absolute atomic E-state index is 13.6. The molecule has 0 aliphatic carbocycles. The summed E-state index contributed by atoms with van der Waals surface area (Å²) in [6.07, 6.45) is 0. The van der Waals surface area contributed by atoms with E-state index in [4.69, 9.17) is 11.6 Å². The molecule has 24 heavy (non-hydrogen) atoms. The van der Waals surface area contributed by atoms with Crippen LogP contribution in [-0.4, -0.2) is 23.9 Å². The molecular weight excluding hydrogens is 334 g/mol. The molecule has 128 valence electrons. The van der Waals surface area contributed by atoms with Crippen LogP contribution >= 0.6 is 11.6 Å². The summed E-state index contributed by atoms with van der Waals surface area (Å²) >= 11 is 6.20. The van der Waals surface area contributed by atoms with E-state index in [9.17, 15) is 13.6 Å². The molecule has 1 unspecified atom stereocenters. The molecule has 0 aliphatic heterocycles. The largest absolute Gasteiger partial charge is 0.320 e. The number of carbonyl (C=O) groups is 1. The summed E-state index contributed by atoms with van der Waals surface area (Å²) < 4.78 is 27.2. The molecule has 0 radical (unpaired) electrons. The third-order valence-corrected chi connectivity index (χ3v) is 4.23. The summed E-state index contributed by atoms with van der Waals surface area (Å²) in [5.74, 6) is -2.09. The maximum Gasteiger partial charge on any atom is 0.238 e. The number of amides is 1. The number of likely N-dealkylation sites (N-methyl/N-ethyl adjacent to an activating group) is 1. The van der Waals surface area contributed by atoms with Crippen molar-refractivity contribution in [2.24, 2.45) is 0 Å². The Morgan fingerprint density at radius 3 is 2.38 bits per heavy atom. The number of hydrogen-bond donors (Lipinski definition) is 1. The summed E-state index contributed by atoms with van der Waals surface area (Å²) in [5.41, 5.74) is 0.467. The highest BCUT2D eigenvalue weighted by molar-refractivity contribution is 6.31. The van der Waals surface area contributed by atoms with Gasteiger partial charge < -0.3 is 5.32 Å². The van der Waals surface area contributed by atoms with Crippen molar-refractivity contribution in [3.8, 4) is 0 Å². The van der Waals surface area contributed by atoms with Crippen molar-refractivity contribution in [3.05, 3.63) is 64.7 Å². The Labute approximate surface area is 145 Å². The average molecular weight is 353 g/mol. The standard InChI is InChI=1S/C18H19ClF2N2O/c1-3-23(12(2)13-7-4-5-8-14(13)19)11-17(24)22-18-15(20)9-6-10-16(18)21/h4-10,12H,3,11H2,1-2H3,(H,22,24). The van der Waals surface area contributed by atoms with Gasteiger partial charge in [-0.3, -0.25) is 9.69 Å². The SMILES string of the molecule is CCN(CC(=O)Nc1c(F)cccc1F)C(C)c1ccccc1Cl. The molecule has 6 heteroatoms. The number of para-hydroxylation sites is 1. The van der Waals surface area contributed by atoms with E-state index in [0.29, 0.717) is 11.6 Å². The van der Waals surface area contributed by atoms with E-state index in [1.165, 1.54) is 6.07 Å². The Bertz CT molecular complexity index is 704. The molecule has 2 rings (SSSR count). The number of carbonyl (C=O) groups excluding carboxylic acids is 1. The lowest BCUT2D eigenvalue weighted by Gasteiger charge is -2.28. The first-order valence-electron chi connectivity index (χ1n) is 7.66. The second-order valence-corrected chi connectivity index (χ2v) is 5.81. The van der Waals surface area contributed by atoms with E-state index in [2.05, 4.69) is 5.32 Å². The quantitative estimate of drug-likeness (QED) is 0.821. The van der Waals surface area contributed by atoms with E-state index < -0.39 is 23.2 Å². The fourth-order valence-corrected chi connectivity index (χ4v) is 2.81. The Morgan fingerprint density at radius 2 is 1.79 bits per heavy atom. The number of halogens is 3. The summed E-state index contributed by atoms with van der Waals surface area (Å²) in [5, 5.41) is 2.92. The second kappa shape index (κ2) is 8.22. The zero-order valence-electron chi connectivity index (χ0n) is 13.5. The van der Waals surface area contributed by atoms with Gasteiger partial charge in [0.1, 0.15) is 17.3 Å². The number of benzene rings is 2. The van der Waals surface area contributed by atoms with Crippen LogP contribution in [0.5, 0.6) is 0 Å². The molecule has 3 nitrogen and oxygen atoms in total. The Hall–Kier alpha value is -1.98. The van der Waals surface area contributed by atoms with Crippen molar-refractivity contribution in [1.82, 2.24) is 4.90 Å². The summed E-state index contributed by atoms with van der Waals surface area (Å²) in [6.45, 7) is 4.42. The van der Waals surface area contributed by atoms with Gasteiger partial charge in [-0.05, 0) is 37.2 Å². The van der Waals surface area contributed by atoms with Crippen LogP contribution in [0.25, 0.3) is 0 Å². The predicted molar refractivity (Wildman–Crippen MR) is 92.1 cm³/mol. The molecule has 0 aliphatic rings. The minimum absolute atomic E-state index is 0.00331. The molecule has 1 atom stereocenters. The molecule has 1 N–H and O–H groups in total. The minimum Gasteiger partial charge on any atom is -0.320 e. The van der Waals surface area contributed by atoms with E-state index in [-0.39, 0.29) is 12.6 Å². The average Bonchev–Trinajstić information content (AvgIpc) is 2.56. The molecule has 0 fully saturated rings. The maximum atomic E-state index is 13.6. The second-order valence-electron chi connectivity index (χ2n) is 5.41. The van der Waals surface area contributed by atoms with Gasteiger partial charge in [0.2, 0.25) is 5.91 Å². The van der Waals surface area contributed by atoms with Crippen LogP contribution in [0.15, 0.2) is 42.5 Å².